The van der Waals surface area contributed by atoms with Gasteiger partial charge in [-0.05, 0) is 25.0 Å². The van der Waals surface area contributed by atoms with E-state index in [2.05, 4.69) is 10.4 Å². The molecule has 1 saturated heterocycles. The molecule has 2 aromatic rings. The van der Waals surface area contributed by atoms with Crippen LogP contribution < -0.4 is 14.8 Å². The first kappa shape index (κ1) is 16.3. The smallest absolute Gasteiger partial charge is 0.259 e. The molecule has 1 aromatic carbocycles. The molecular formula is C17H21N3O4. The predicted octanol–water partition coefficient (Wildman–Crippen LogP) is 2.50. The highest BCUT2D eigenvalue weighted by Crippen LogP contribution is 2.31. The van der Waals surface area contributed by atoms with Gasteiger partial charge in [-0.25, -0.2) is 0 Å². The second-order valence-electron chi connectivity index (χ2n) is 5.55. The van der Waals surface area contributed by atoms with E-state index in [0.717, 1.165) is 26.1 Å². The standard InChI is InChI=1S/C17H21N3O4/c1-22-15-5-3-4-14(16(15)23-2)17(21)19-12-10-18-20(11-12)13-6-8-24-9-7-13/h3-5,10-11,13H,6-9H2,1-2H3,(H,19,21). The van der Waals surface area contributed by atoms with Gasteiger partial charge in [-0.2, -0.15) is 5.10 Å². The summed E-state index contributed by atoms with van der Waals surface area (Å²) < 4.78 is 17.8. The number of amides is 1. The molecule has 0 saturated carbocycles. The molecule has 0 unspecified atom stereocenters. The molecule has 7 heteroatoms. The van der Waals surface area contributed by atoms with Crippen LogP contribution in [-0.2, 0) is 4.74 Å². The number of aromatic nitrogens is 2. The summed E-state index contributed by atoms with van der Waals surface area (Å²) in [7, 11) is 3.05. The van der Waals surface area contributed by atoms with Gasteiger partial charge in [-0.3, -0.25) is 9.48 Å². The molecule has 128 valence electrons. The maximum atomic E-state index is 12.5. The molecular weight excluding hydrogens is 310 g/mol. The van der Waals surface area contributed by atoms with Crippen molar-refractivity contribution in [2.24, 2.45) is 0 Å². The lowest BCUT2D eigenvalue weighted by molar-refractivity contribution is 0.0662. The third-order valence-corrected chi connectivity index (χ3v) is 4.07. The average molecular weight is 331 g/mol. The van der Waals surface area contributed by atoms with Gasteiger partial charge in [-0.15, -0.1) is 0 Å². The molecule has 2 heterocycles. The number of nitrogens with one attached hydrogen (secondary N) is 1. The number of hydrogen-bond acceptors (Lipinski definition) is 5. The van der Waals surface area contributed by atoms with Crippen LogP contribution in [0.3, 0.4) is 0 Å². The molecule has 24 heavy (non-hydrogen) atoms. The average Bonchev–Trinajstić information content (AvgIpc) is 3.10. The quantitative estimate of drug-likeness (QED) is 0.911. The minimum atomic E-state index is -0.266. The number of carbonyl (C=O) groups is 1. The fraction of sp³-hybridized carbons (Fsp3) is 0.412. The Hall–Kier alpha value is -2.54. The van der Waals surface area contributed by atoms with Gasteiger partial charge in [-0.1, -0.05) is 6.07 Å². The van der Waals surface area contributed by atoms with E-state index in [1.807, 2.05) is 10.9 Å². The highest BCUT2D eigenvalue weighted by atomic mass is 16.5. The highest BCUT2D eigenvalue weighted by molar-refractivity contribution is 6.06. The lowest BCUT2D eigenvalue weighted by Crippen LogP contribution is -2.19. The van der Waals surface area contributed by atoms with Crippen molar-refractivity contribution in [1.29, 1.82) is 0 Å². The predicted molar refractivity (Wildman–Crippen MR) is 88.8 cm³/mol. The molecule has 1 N–H and O–H groups in total. The lowest BCUT2D eigenvalue weighted by atomic mass is 10.1. The maximum Gasteiger partial charge on any atom is 0.259 e. The van der Waals surface area contributed by atoms with Crippen LogP contribution in [0.5, 0.6) is 11.5 Å². The monoisotopic (exact) mass is 331 g/mol. The Morgan fingerprint density at radius 1 is 1.29 bits per heavy atom. The molecule has 0 aliphatic carbocycles. The van der Waals surface area contributed by atoms with Gasteiger partial charge in [0.15, 0.2) is 11.5 Å². The normalized spacial score (nSPS) is 15.1. The third kappa shape index (κ3) is 3.35. The number of benzene rings is 1. The molecule has 1 amide bonds. The Balaban J connectivity index is 1.74. The zero-order chi connectivity index (χ0) is 16.9. The first-order chi connectivity index (χ1) is 11.7. The first-order valence-electron chi connectivity index (χ1n) is 7.87. The number of hydrogen-bond donors (Lipinski definition) is 1. The summed E-state index contributed by atoms with van der Waals surface area (Å²) in [6.45, 7) is 1.49. The Bertz CT molecular complexity index is 708. The van der Waals surface area contributed by atoms with Crippen LogP contribution in [0.4, 0.5) is 5.69 Å². The number of methoxy groups -OCH3 is 2. The molecule has 3 rings (SSSR count). The van der Waals surface area contributed by atoms with Crippen molar-refractivity contribution in [2.45, 2.75) is 18.9 Å². The molecule has 0 radical (unpaired) electrons. The van der Waals surface area contributed by atoms with Crippen molar-refractivity contribution < 1.29 is 19.0 Å². The molecule has 0 spiro atoms. The van der Waals surface area contributed by atoms with E-state index in [1.54, 1.807) is 24.4 Å². The summed E-state index contributed by atoms with van der Waals surface area (Å²) in [6.07, 6.45) is 5.36. The summed E-state index contributed by atoms with van der Waals surface area (Å²) >= 11 is 0. The van der Waals surface area contributed by atoms with Gasteiger partial charge in [0.2, 0.25) is 0 Å². The van der Waals surface area contributed by atoms with Gasteiger partial charge in [0, 0.05) is 19.4 Å². The molecule has 0 bridgehead atoms. The van der Waals surface area contributed by atoms with E-state index in [9.17, 15) is 4.79 Å². The first-order valence-corrected chi connectivity index (χ1v) is 7.87. The van der Waals surface area contributed by atoms with Crippen LogP contribution in [0.1, 0.15) is 29.2 Å². The van der Waals surface area contributed by atoms with Crippen molar-refractivity contribution in [3.63, 3.8) is 0 Å². The fourth-order valence-corrected chi connectivity index (χ4v) is 2.82. The second kappa shape index (κ2) is 7.35. The summed E-state index contributed by atoms with van der Waals surface area (Å²) in [4.78, 5) is 12.5. The van der Waals surface area contributed by atoms with E-state index >= 15 is 0 Å². The number of nitrogens with zero attached hydrogens (tertiary/aromatic N) is 2. The Kier molecular flexibility index (Phi) is 5.00. The van der Waals surface area contributed by atoms with Gasteiger partial charge >= 0.3 is 0 Å². The third-order valence-electron chi connectivity index (χ3n) is 4.07. The maximum absolute atomic E-state index is 12.5. The highest BCUT2D eigenvalue weighted by Gasteiger charge is 2.19. The number of anilines is 1. The molecule has 7 nitrogen and oxygen atoms in total. The summed E-state index contributed by atoms with van der Waals surface area (Å²) in [5.74, 6) is 0.662. The molecule has 1 aliphatic heterocycles. The lowest BCUT2D eigenvalue weighted by Gasteiger charge is -2.22. The van der Waals surface area contributed by atoms with E-state index in [4.69, 9.17) is 14.2 Å². The fourth-order valence-electron chi connectivity index (χ4n) is 2.82. The Labute approximate surface area is 140 Å². The van der Waals surface area contributed by atoms with Gasteiger partial charge in [0.1, 0.15) is 0 Å². The molecule has 1 aliphatic rings. The van der Waals surface area contributed by atoms with Crippen LogP contribution in [-0.4, -0.2) is 43.1 Å². The molecule has 1 aromatic heterocycles. The number of rotatable bonds is 5. The van der Waals surface area contributed by atoms with Crippen molar-refractivity contribution in [2.75, 3.05) is 32.8 Å². The van der Waals surface area contributed by atoms with Crippen LogP contribution in [0.25, 0.3) is 0 Å². The number of carbonyl (C=O) groups excluding carboxylic acids is 1. The van der Waals surface area contributed by atoms with Crippen molar-refractivity contribution in [3.8, 4) is 11.5 Å². The Morgan fingerprint density at radius 3 is 2.79 bits per heavy atom. The zero-order valence-electron chi connectivity index (χ0n) is 13.8. The summed E-state index contributed by atoms with van der Waals surface area (Å²) in [6, 6.07) is 5.51. The SMILES string of the molecule is COc1cccc(C(=O)Nc2cnn(C3CCOCC3)c2)c1OC. The topological polar surface area (TPSA) is 74.6 Å². The number of ether oxygens (including phenoxy) is 3. The minimum Gasteiger partial charge on any atom is -0.493 e. The van der Waals surface area contributed by atoms with Crippen LogP contribution in [0.2, 0.25) is 0 Å². The van der Waals surface area contributed by atoms with Crippen LogP contribution >= 0.6 is 0 Å². The van der Waals surface area contributed by atoms with E-state index in [-0.39, 0.29) is 5.91 Å². The Morgan fingerprint density at radius 2 is 2.08 bits per heavy atom. The van der Waals surface area contributed by atoms with Gasteiger partial charge in [0.05, 0.1) is 37.7 Å². The van der Waals surface area contributed by atoms with Crippen molar-refractivity contribution in [3.05, 3.63) is 36.2 Å². The molecule has 1 fully saturated rings. The van der Waals surface area contributed by atoms with Crippen molar-refractivity contribution in [1.82, 2.24) is 9.78 Å². The van der Waals surface area contributed by atoms with Crippen molar-refractivity contribution >= 4 is 11.6 Å². The van der Waals surface area contributed by atoms with E-state index in [1.165, 1.54) is 14.2 Å². The van der Waals surface area contributed by atoms with E-state index < -0.39 is 0 Å². The van der Waals surface area contributed by atoms with Gasteiger partial charge < -0.3 is 19.5 Å². The number of para-hydroxylation sites is 1. The van der Waals surface area contributed by atoms with Crippen LogP contribution in [0, 0.1) is 0 Å². The summed E-state index contributed by atoms with van der Waals surface area (Å²) in [5, 5.41) is 7.21. The minimum absolute atomic E-state index is 0.266. The summed E-state index contributed by atoms with van der Waals surface area (Å²) in [5.41, 5.74) is 1.06. The largest absolute Gasteiger partial charge is 0.493 e. The van der Waals surface area contributed by atoms with E-state index in [0.29, 0.717) is 28.8 Å². The zero-order valence-corrected chi connectivity index (χ0v) is 13.8. The van der Waals surface area contributed by atoms with Crippen LogP contribution in [0.15, 0.2) is 30.6 Å². The second-order valence-corrected chi connectivity index (χ2v) is 5.55. The van der Waals surface area contributed by atoms with Gasteiger partial charge in [0.25, 0.3) is 5.91 Å². The molecule has 0 atom stereocenters.